The SMILES string of the molecule is CS(=O)(=O)c1cccc(Oc2nccnc2C(=N)N)c1. The van der Waals surface area contributed by atoms with Crippen molar-refractivity contribution in [2.45, 2.75) is 4.90 Å². The number of nitrogens with two attached hydrogens (primary N) is 1. The van der Waals surface area contributed by atoms with Crippen molar-refractivity contribution in [3.8, 4) is 11.6 Å². The number of hydrogen-bond acceptors (Lipinski definition) is 6. The normalized spacial score (nSPS) is 11.1. The Morgan fingerprint density at radius 2 is 2.00 bits per heavy atom. The van der Waals surface area contributed by atoms with Gasteiger partial charge in [0.05, 0.1) is 4.90 Å². The van der Waals surface area contributed by atoms with Crippen molar-refractivity contribution in [1.82, 2.24) is 9.97 Å². The van der Waals surface area contributed by atoms with E-state index in [0.717, 1.165) is 6.26 Å². The Morgan fingerprint density at radius 1 is 1.30 bits per heavy atom. The summed E-state index contributed by atoms with van der Waals surface area (Å²) < 4.78 is 28.4. The van der Waals surface area contributed by atoms with E-state index in [9.17, 15) is 8.42 Å². The summed E-state index contributed by atoms with van der Waals surface area (Å²) in [6.07, 6.45) is 3.88. The summed E-state index contributed by atoms with van der Waals surface area (Å²) in [7, 11) is -3.33. The molecule has 0 aliphatic heterocycles. The number of amidine groups is 1. The monoisotopic (exact) mass is 292 g/mol. The number of nitrogens with zero attached hydrogens (tertiary/aromatic N) is 2. The van der Waals surface area contributed by atoms with E-state index in [0.29, 0.717) is 0 Å². The van der Waals surface area contributed by atoms with Gasteiger partial charge in [-0.3, -0.25) is 5.41 Å². The molecule has 7 nitrogen and oxygen atoms in total. The van der Waals surface area contributed by atoms with Crippen molar-refractivity contribution in [2.75, 3.05) is 6.26 Å². The fraction of sp³-hybridized carbons (Fsp3) is 0.0833. The third kappa shape index (κ3) is 3.09. The topological polar surface area (TPSA) is 119 Å². The summed E-state index contributed by atoms with van der Waals surface area (Å²) >= 11 is 0. The van der Waals surface area contributed by atoms with Crippen LogP contribution in [0.15, 0.2) is 41.6 Å². The molecule has 2 rings (SSSR count). The van der Waals surface area contributed by atoms with Gasteiger partial charge < -0.3 is 10.5 Å². The van der Waals surface area contributed by atoms with Crippen molar-refractivity contribution >= 4 is 15.7 Å². The maximum atomic E-state index is 11.5. The van der Waals surface area contributed by atoms with Gasteiger partial charge in [-0.25, -0.2) is 18.4 Å². The van der Waals surface area contributed by atoms with Gasteiger partial charge in [-0.05, 0) is 18.2 Å². The number of sulfone groups is 1. The lowest BCUT2D eigenvalue weighted by atomic mass is 10.3. The molecule has 0 atom stereocenters. The molecule has 0 aliphatic rings. The van der Waals surface area contributed by atoms with Crippen LogP contribution in [0.5, 0.6) is 11.6 Å². The quantitative estimate of drug-likeness (QED) is 0.639. The number of hydrogen-bond donors (Lipinski definition) is 2. The summed E-state index contributed by atoms with van der Waals surface area (Å²) in [5.41, 5.74) is 5.47. The first-order valence-corrected chi connectivity index (χ1v) is 7.40. The van der Waals surface area contributed by atoms with Gasteiger partial charge in [0, 0.05) is 18.6 Å². The molecule has 8 heteroatoms. The first kappa shape index (κ1) is 13.9. The maximum Gasteiger partial charge on any atom is 0.249 e. The number of rotatable bonds is 4. The molecule has 1 aromatic carbocycles. The van der Waals surface area contributed by atoms with Gasteiger partial charge in [0.15, 0.2) is 15.5 Å². The van der Waals surface area contributed by atoms with Gasteiger partial charge in [-0.1, -0.05) is 6.07 Å². The zero-order valence-corrected chi connectivity index (χ0v) is 11.4. The molecule has 20 heavy (non-hydrogen) atoms. The fourth-order valence-electron chi connectivity index (χ4n) is 1.46. The van der Waals surface area contributed by atoms with Crippen molar-refractivity contribution in [2.24, 2.45) is 5.73 Å². The molecular weight excluding hydrogens is 280 g/mol. The van der Waals surface area contributed by atoms with E-state index >= 15 is 0 Å². The number of ether oxygens (including phenoxy) is 1. The van der Waals surface area contributed by atoms with E-state index in [2.05, 4.69) is 9.97 Å². The van der Waals surface area contributed by atoms with E-state index in [1.54, 1.807) is 12.1 Å². The van der Waals surface area contributed by atoms with Crippen LogP contribution < -0.4 is 10.5 Å². The van der Waals surface area contributed by atoms with Crippen molar-refractivity contribution < 1.29 is 13.2 Å². The van der Waals surface area contributed by atoms with E-state index < -0.39 is 9.84 Å². The highest BCUT2D eigenvalue weighted by atomic mass is 32.2. The number of nitrogens with one attached hydrogen (secondary N) is 1. The van der Waals surface area contributed by atoms with Gasteiger partial charge in [0.1, 0.15) is 11.6 Å². The first-order chi connectivity index (χ1) is 9.38. The van der Waals surface area contributed by atoms with Crippen molar-refractivity contribution in [3.63, 3.8) is 0 Å². The lowest BCUT2D eigenvalue weighted by Crippen LogP contribution is -2.15. The molecular formula is C12H12N4O3S. The van der Waals surface area contributed by atoms with Crippen LogP contribution in [0.25, 0.3) is 0 Å². The second kappa shape index (κ2) is 5.25. The van der Waals surface area contributed by atoms with E-state index in [4.69, 9.17) is 15.9 Å². The third-order valence-electron chi connectivity index (χ3n) is 2.37. The highest BCUT2D eigenvalue weighted by Gasteiger charge is 2.12. The maximum absolute atomic E-state index is 11.5. The molecule has 0 saturated heterocycles. The van der Waals surface area contributed by atoms with Crippen LogP contribution in [-0.4, -0.2) is 30.5 Å². The van der Waals surface area contributed by atoms with Crippen LogP contribution in [0.1, 0.15) is 5.69 Å². The lowest BCUT2D eigenvalue weighted by Gasteiger charge is -2.08. The van der Waals surface area contributed by atoms with E-state index in [1.165, 1.54) is 24.5 Å². The molecule has 0 bridgehead atoms. The fourth-order valence-corrected chi connectivity index (χ4v) is 2.12. The summed E-state index contributed by atoms with van der Waals surface area (Å²) in [5.74, 6) is 0.0361. The van der Waals surface area contributed by atoms with E-state index in [-0.39, 0.29) is 28.1 Å². The van der Waals surface area contributed by atoms with Crippen LogP contribution in [0.2, 0.25) is 0 Å². The Kier molecular flexibility index (Phi) is 3.66. The molecule has 0 aliphatic carbocycles. The van der Waals surface area contributed by atoms with Crippen LogP contribution >= 0.6 is 0 Å². The average Bonchev–Trinajstić information content (AvgIpc) is 2.38. The third-order valence-corrected chi connectivity index (χ3v) is 3.48. The smallest absolute Gasteiger partial charge is 0.249 e. The predicted molar refractivity (Wildman–Crippen MR) is 72.7 cm³/mol. The standard InChI is InChI=1S/C12H12N4O3S/c1-20(17,18)9-4-2-3-8(7-9)19-12-10(11(13)14)15-5-6-16-12/h2-7H,1H3,(H3,13,14). The highest BCUT2D eigenvalue weighted by Crippen LogP contribution is 2.23. The minimum atomic E-state index is -3.33. The van der Waals surface area contributed by atoms with Crippen LogP contribution in [0, 0.1) is 5.41 Å². The van der Waals surface area contributed by atoms with Gasteiger partial charge in [0.25, 0.3) is 0 Å². The molecule has 3 N–H and O–H groups in total. The highest BCUT2D eigenvalue weighted by molar-refractivity contribution is 7.90. The molecule has 104 valence electrons. The largest absolute Gasteiger partial charge is 0.437 e. The number of benzene rings is 1. The Labute approximate surface area is 115 Å². The molecule has 0 amide bonds. The molecule has 1 heterocycles. The second-order valence-corrected chi connectivity index (χ2v) is 5.99. The zero-order valence-electron chi connectivity index (χ0n) is 10.6. The number of aromatic nitrogens is 2. The minimum absolute atomic E-state index is 0.0469. The first-order valence-electron chi connectivity index (χ1n) is 5.51. The summed E-state index contributed by atoms with van der Waals surface area (Å²) in [5, 5.41) is 7.38. The molecule has 0 saturated carbocycles. The molecule has 0 spiro atoms. The van der Waals surface area contributed by atoms with Gasteiger partial charge in [-0.2, -0.15) is 0 Å². The Hall–Kier alpha value is -2.48. The minimum Gasteiger partial charge on any atom is -0.437 e. The van der Waals surface area contributed by atoms with Crippen LogP contribution in [0.3, 0.4) is 0 Å². The van der Waals surface area contributed by atoms with Crippen molar-refractivity contribution in [1.29, 1.82) is 5.41 Å². The summed E-state index contributed by atoms with van der Waals surface area (Å²) in [4.78, 5) is 7.95. The summed E-state index contributed by atoms with van der Waals surface area (Å²) in [6, 6.07) is 5.96. The molecule has 0 radical (unpaired) electrons. The number of nitrogen functional groups attached to an aromatic ring is 1. The molecule has 1 aromatic heterocycles. The van der Waals surface area contributed by atoms with Crippen LogP contribution in [0.4, 0.5) is 0 Å². The van der Waals surface area contributed by atoms with Gasteiger partial charge in [0.2, 0.25) is 5.88 Å². The predicted octanol–water partition coefficient (Wildman–Crippen LogP) is 0.956. The summed E-state index contributed by atoms with van der Waals surface area (Å²) in [6.45, 7) is 0. The Balaban J connectivity index is 2.39. The molecule has 0 unspecified atom stereocenters. The Morgan fingerprint density at radius 3 is 2.65 bits per heavy atom. The zero-order chi connectivity index (χ0) is 14.8. The molecule has 0 fully saturated rings. The molecule has 2 aromatic rings. The van der Waals surface area contributed by atoms with Crippen molar-refractivity contribution in [3.05, 3.63) is 42.4 Å². The van der Waals surface area contributed by atoms with E-state index in [1.807, 2.05) is 0 Å². The van der Waals surface area contributed by atoms with Crippen LogP contribution in [-0.2, 0) is 9.84 Å². The van der Waals surface area contributed by atoms with Gasteiger partial charge >= 0.3 is 0 Å². The second-order valence-electron chi connectivity index (χ2n) is 3.97. The van der Waals surface area contributed by atoms with Gasteiger partial charge in [-0.15, -0.1) is 0 Å². The Bertz CT molecular complexity index is 759. The average molecular weight is 292 g/mol. The lowest BCUT2D eigenvalue weighted by molar-refractivity contribution is 0.457.